The zero-order valence-corrected chi connectivity index (χ0v) is 12.7. The van der Waals surface area contributed by atoms with Crippen molar-refractivity contribution in [3.05, 3.63) is 29.3 Å². The number of nitrogens with zero attached hydrogens (tertiary/aromatic N) is 1. The molecular weight excluding hydrogens is 268 g/mol. The molecule has 0 fully saturated rings. The van der Waals surface area contributed by atoms with E-state index in [9.17, 15) is 4.79 Å². The molecule has 5 heteroatoms. The molecule has 0 bridgehead atoms. The number of aliphatic hydroxyl groups is 1. The molecule has 5 nitrogen and oxygen atoms in total. The molecule has 114 valence electrons. The number of hydrogen-bond acceptors (Lipinski definition) is 4. The first-order valence-electron chi connectivity index (χ1n) is 6.77. The zero-order valence-electron chi connectivity index (χ0n) is 12.7. The van der Waals surface area contributed by atoms with Crippen molar-refractivity contribution in [1.82, 2.24) is 4.90 Å². The molecule has 0 saturated carbocycles. The van der Waals surface area contributed by atoms with Crippen molar-refractivity contribution in [3.63, 3.8) is 0 Å². The van der Waals surface area contributed by atoms with E-state index in [2.05, 4.69) is 11.8 Å². The van der Waals surface area contributed by atoms with E-state index in [0.29, 0.717) is 6.54 Å². The van der Waals surface area contributed by atoms with E-state index < -0.39 is 0 Å². The molecule has 0 aromatic heterocycles. The summed E-state index contributed by atoms with van der Waals surface area (Å²) in [5.74, 6) is 5.85. The molecule has 0 aliphatic rings. The Kier molecular flexibility index (Phi) is 6.73. The highest BCUT2D eigenvalue weighted by molar-refractivity contribution is 5.76. The number of nitrogens with two attached hydrogens (primary N) is 1. The number of methoxy groups -OCH3 is 1. The largest absolute Gasteiger partial charge is 0.496 e. The fourth-order valence-electron chi connectivity index (χ4n) is 1.96. The molecule has 3 N–H and O–H groups in total. The summed E-state index contributed by atoms with van der Waals surface area (Å²) in [4.78, 5) is 13.1. The third kappa shape index (κ3) is 5.46. The summed E-state index contributed by atoms with van der Waals surface area (Å²) in [6, 6.07) is 5.74. The van der Waals surface area contributed by atoms with Crippen molar-refractivity contribution in [2.45, 2.75) is 26.4 Å². The Morgan fingerprint density at radius 2 is 2.19 bits per heavy atom. The van der Waals surface area contributed by atoms with E-state index in [-0.39, 0.29) is 25.1 Å². The SMILES string of the molecule is COc1ccc(C#CCO)cc1CN(CC(N)=O)C(C)C. The Morgan fingerprint density at radius 1 is 1.48 bits per heavy atom. The molecule has 0 radical (unpaired) electrons. The molecule has 0 heterocycles. The lowest BCUT2D eigenvalue weighted by atomic mass is 10.1. The van der Waals surface area contributed by atoms with Crippen LogP contribution in [0, 0.1) is 11.8 Å². The van der Waals surface area contributed by atoms with Gasteiger partial charge in [-0.25, -0.2) is 0 Å². The van der Waals surface area contributed by atoms with Crippen LogP contribution in [0.4, 0.5) is 0 Å². The molecule has 0 aliphatic carbocycles. The van der Waals surface area contributed by atoms with Crippen LogP contribution in [0.5, 0.6) is 5.75 Å². The molecule has 1 amide bonds. The van der Waals surface area contributed by atoms with Crippen LogP contribution in [0.25, 0.3) is 0 Å². The number of carbonyl (C=O) groups is 1. The standard InChI is InChI=1S/C16H22N2O3/c1-12(2)18(11-16(17)20)10-14-9-13(5-4-8-19)6-7-15(14)21-3/h6-7,9,12,19H,8,10-11H2,1-3H3,(H2,17,20). The first-order valence-corrected chi connectivity index (χ1v) is 6.77. The summed E-state index contributed by atoms with van der Waals surface area (Å²) < 4.78 is 5.35. The van der Waals surface area contributed by atoms with Gasteiger partial charge >= 0.3 is 0 Å². The molecule has 0 saturated heterocycles. The number of ether oxygens (including phenoxy) is 1. The summed E-state index contributed by atoms with van der Waals surface area (Å²) in [7, 11) is 1.60. The van der Waals surface area contributed by atoms with Gasteiger partial charge in [-0.05, 0) is 32.0 Å². The fourth-order valence-corrected chi connectivity index (χ4v) is 1.96. The van der Waals surface area contributed by atoms with Gasteiger partial charge in [0.2, 0.25) is 5.91 Å². The summed E-state index contributed by atoms with van der Waals surface area (Å²) in [5, 5.41) is 8.76. The van der Waals surface area contributed by atoms with Crippen LogP contribution in [-0.2, 0) is 11.3 Å². The van der Waals surface area contributed by atoms with E-state index in [4.69, 9.17) is 15.6 Å². The van der Waals surface area contributed by atoms with E-state index in [1.54, 1.807) is 7.11 Å². The van der Waals surface area contributed by atoms with Crippen molar-refractivity contribution in [1.29, 1.82) is 0 Å². The minimum absolute atomic E-state index is 0.175. The predicted molar refractivity (Wildman–Crippen MR) is 81.7 cm³/mol. The summed E-state index contributed by atoms with van der Waals surface area (Å²) >= 11 is 0. The molecule has 0 aliphatic heterocycles. The summed E-state index contributed by atoms with van der Waals surface area (Å²) in [5.41, 5.74) is 7.01. The number of carbonyl (C=O) groups excluding carboxylic acids is 1. The topological polar surface area (TPSA) is 75.8 Å². The van der Waals surface area contributed by atoms with E-state index in [1.165, 1.54) is 0 Å². The number of aliphatic hydroxyl groups excluding tert-OH is 1. The van der Waals surface area contributed by atoms with Gasteiger partial charge in [0.25, 0.3) is 0 Å². The zero-order chi connectivity index (χ0) is 15.8. The van der Waals surface area contributed by atoms with Crippen LogP contribution in [0.3, 0.4) is 0 Å². The van der Waals surface area contributed by atoms with Crippen molar-refractivity contribution in [2.75, 3.05) is 20.3 Å². The third-order valence-corrected chi connectivity index (χ3v) is 3.05. The summed E-state index contributed by atoms with van der Waals surface area (Å²) in [6.45, 7) is 4.56. The Morgan fingerprint density at radius 3 is 2.71 bits per heavy atom. The van der Waals surface area contributed by atoms with Crippen molar-refractivity contribution in [3.8, 4) is 17.6 Å². The van der Waals surface area contributed by atoms with Gasteiger partial charge in [0.15, 0.2) is 0 Å². The monoisotopic (exact) mass is 290 g/mol. The Hall–Kier alpha value is -2.03. The van der Waals surface area contributed by atoms with Gasteiger partial charge < -0.3 is 15.6 Å². The minimum Gasteiger partial charge on any atom is -0.496 e. The van der Waals surface area contributed by atoms with Gasteiger partial charge in [0, 0.05) is 23.7 Å². The second kappa shape index (κ2) is 8.30. The Balaban J connectivity index is 3.04. The van der Waals surface area contributed by atoms with Crippen molar-refractivity contribution >= 4 is 5.91 Å². The van der Waals surface area contributed by atoms with E-state index in [0.717, 1.165) is 16.9 Å². The van der Waals surface area contributed by atoms with Gasteiger partial charge in [-0.15, -0.1) is 0 Å². The van der Waals surface area contributed by atoms with Crippen LogP contribution in [0.2, 0.25) is 0 Å². The van der Waals surface area contributed by atoms with Crippen LogP contribution < -0.4 is 10.5 Å². The predicted octanol–water partition coefficient (Wildman–Crippen LogP) is 0.735. The van der Waals surface area contributed by atoms with Gasteiger partial charge in [-0.2, -0.15) is 0 Å². The average Bonchev–Trinajstić information content (AvgIpc) is 2.44. The van der Waals surface area contributed by atoms with Gasteiger partial charge in [0.1, 0.15) is 12.4 Å². The maximum absolute atomic E-state index is 11.2. The normalized spacial score (nSPS) is 10.4. The van der Waals surface area contributed by atoms with Crippen LogP contribution in [0.15, 0.2) is 18.2 Å². The van der Waals surface area contributed by atoms with E-state index in [1.807, 2.05) is 36.9 Å². The van der Waals surface area contributed by atoms with Crippen molar-refractivity contribution < 1.29 is 14.6 Å². The van der Waals surface area contributed by atoms with Gasteiger partial charge in [-0.1, -0.05) is 11.8 Å². The molecule has 1 aromatic rings. The quantitative estimate of drug-likeness (QED) is 0.758. The lowest BCUT2D eigenvalue weighted by molar-refractivity contribution is -0.119. The van der Waals surface area contributed by atoms with Gasteiger partial charge in [-0.3, -0.25) is 9.69 Å². The molecule has 0 spiro atoms. The maximum atomic E-state index is 11.2. The molecule has 0 atom stereocenters. The number of rotatable bonds is 6. The average molecular weight is 290 g/mol. The van der Waals surface area contributed by atoms with Crippen LogP contribution in [-0.4, -0.2) is 42.2 Å². The maximum Gasteiger partial charge on any atom is 0.231 e. The van der Waals surface area contributed by atoms with Crippen LogP contribution >= 0.6 is 0 Å². The molecular formula is C16H22N2O3. The number of benzene rings is 1. The Labute approximate surface area is 125 Å². The molecule has 1 rings (SSSR count). The fraction of sp³-hybridized carbons (Fsp3) is 0.438. The molecule has 0 unspecified atom stereocenters. The van der Waals surface area contributed by atoms with E-state index >= 15 is 0 Å². The lowest BCUT2D eigenvalue weighted by Gasteiger charge is -2.25. The highest BCUT2D eigenvalue weighted by Gasteiger charge is 2.15. The second-order valence-corrected chi connectivity index (χ2v) is 4.95. The second-order valence-electron chi connectivity index (χ2n) is 4.95. The first-order chi connectivity index (χ1) is 9.97. The highest BCUT2D eigenvalue weighted by Crippen LogP contribution is 2.22. The molecule has 1 aromatic carbocycles. The molecule has 21 heavy (non-hydrogen) atoms. The van der Waals surface area contributed by atoms with Crippen LogP contribution in [0.1, 0.15) is 25.0 Å². The lowest BCUT2D eigenvalue weighted by Crippen LogP contribution is -2.38. The Bertz CT molecular complexity index is 544. The van der Waals surface area contributed by atoms with Gasteiger partial charge in [0.05, 0.1) is 13.7 Å². The number of primary amides is 1. The summed E-state index contributed by atoms with van der Waals surface area (Å²) in [6.07, 6.45) is 0. The first kappa shape index (κ1) is 17.0. The highest BCUT2D eigenvalue weighted by atomic mass is 16.5. The smallest absolute Gasteiger partial charge is 0.231 e. The third-order valence-electron chi connectivity index (χ3n) is 3.05. The van der Waals surface area contributed by atoms with Crippen molar-refractivity contribution in [2.24, 2.45) is 5.73 Å². The number of hydrogen-bond donors (Lipinski definition) is 2. The number of amides is 1. The minimum atomic E-state index is -0.362.